The average Bonchev–Trinajstić information content (AvgIpc) is 2.45. The van der Waals surface area contributed by atoms with Gasteiger partial charge in [-0.2, -0.15) is 13.2 Å². The van der Waals surface area contributed by atoms with Crippen molar-refractivity contribution in [1.82, 2.24) is 0 Å². The summed E-state index contributed by atoms with van der Waals surface area (Å²) in [5.74, 6) is -0.272. The Morgan fingerprint density at radius 1 is 1.18 bits per heavy atom. The molecule has 0 heterocycles. The molecule has 3 nitrogen and oxygen atoms in total. The van der Waals surface area contributed by atoms with Crippen LogP contribution in [0, 0.1) is 5.92 Å². The quantitative estimate of drug-likeness (QED) is 0.819. The SMILES string of the molecule is NC(O)(CC1CCCC(OCc2ccccc2)C1)C(F)(F)F. The van der Waals surface area contributed by atoms with Crippen LogP contribution in [0.25, 0.3) is 0 Å². The van der Waals surface area contributed by atoms with Crippen LogP contribution in [0.4, 0.5) is 13.2 Å². The molecule has 0 saturated heterocycles. The van der Waals surface area contributed by atoms with Crippen LogP contribution < -0.4 is 5.73 Å². The lowest BCUT2D eigenvalue weighted by atomic mass is 9.82. The summed E-state index contributed by atoms with van der Waals surface area (Å²) in [4.78, 5) is 0. The van der Waals surface area contributed by atoms with Crippen LogP contribution in [0.5, 0.6) is 0 Å². The maximum absolute atomic E-state index is 12.6. The van der Waals surface area contributed by atoms with Crippen molar-refractivity contribution in [3.05, 3.63) is 35.9 Å². The van der Waals surface area contributed by atoms with E-state index >= 15 is 0 Å². The van der Waals surface area contributed by atoms with Gasteiger partial charge in [-0.05, 0) is 24.3 Å². The van der Waals surface area contributed by atoms with Crippen molar-refractivity contribution < 1.29 is 23.0 Å². The van der Waals surface area contributed by atoms with E-state index in [4.69, 9.17) is 10.5 Å². The lowest BCUT2D eigenvalue weighted by molar-refractivity contribution is -0.265. The first-order valence-corrected chi connectivity index (χ1v) is 7.51. The van der Waals surface area contributed by atoms with Gasteiger partial charge < -0.3 is 9.84 Å². The minimum Gasteiger partial charge on any atom is -0.374 e. The molecule has 3 atom stereocenters. The lowest BCUT2D eigenvalue weighted by Gasteiger charge is -2.34. The zero-order chi connectivity index (χ0) is 16.2. The van der Waals surface area contributed by atoms with E-state index in [1.54, 1.807) is 0 Å². The number of hydrogen-bond acceptors (Lipinski definition) is 3. The Labute approximate surface area is 128 Å². The topological polar surface area (TPSA) is 55.5 Å². The van der Waals surface area contributed by atoms with E-state index < -0.39 is 18.3 Å². The van der Waals surface area contributed by atoms with Crippen molar-refractivity contribution in [1.29, 1.82) is 0 Å². The molecule has 1 fully saturated rings. The standard InChI is InChI=1S/C16H22F3NO2/c17-16(18,19)15(20,21)10-13-7-4-8-14(9-13)22-11-12-5-2-1-3-6-12/h1-3,5-6,13-14,21H,4,7-11,20H2. The van der Waals surface area contributed by atoms with Gasteiger partial charge in [0.05, 0.1) is 12.7 Å². The van der Waals surface area contributed by atoms with Gasteiger partial charge in [0.1, 0.15) is 0 Å². The molecule has 0 aliphatic heterocycles. The fraction of sp³-hybridized carbons (Fsp3) is 0.625. The predicted molar refractivity (Wildman–Crippen MR) is 76.8 cm³/mol. The van der Waals surface area contributed by atoms with Gasteiger partial charge in [-0.25, -0.2) is 0 Å². The molecule has 6 heteroatoms. The molecule has 2 rings (SSSR count). The molecular formula is C16H22F3NO2. The van der Waals surface area contributed by atoms with Gasteiger partial charge in [-0.3, -0.25) is 5.73 Å². The van der Waals surface area contributed by atoms with Gasteiger partial charge >= 0.3 is 6.18 Å². The molecule has 0 aromatic heterocycles. The van der Waals surface area contributed by atoms with E-state index in [9.17, 15) is 18.3 Å². The highest BCUT2D eigenvalue weighted by Gasteiger charge is 2.52. The van der Waals surface area contributed by atoms with Crippen LogP contribution in [0.3, 0.4) is 0 Å². The Balaban J connectivity index is 1.84. The Morgan fingerprint density at radius 3 is 2.50 bits per heavy atom. The van der Waals surface area contributed by atoms with Crippen molar-refractivity contribution in [2.45, 2.75) is 56.7 Å². The summed E-state index contributed by atoms with van der Waals surface area (Å²) in [6.45, 7) is 0.449. The van der Waals surface area contributed by atoms with Crippen molar-refractivity contribution in [2.24, 2.45) is 11.7 Å². The van der Waals surface area contributed by atoms with E-state index in [1.165, 1.54) is 0 Å². The molecule has 0 spiro atoms. The second-order valence-electron chi connectivity index (χ2n) is 6.08. The first kappa shape index (κ1) is 17.2. The number of aliphatic hydroxyl groups is 1. The van der Waals surface area contributed by atoms with Gasteiger partial charge in [-0.15, -0.1) is 0 Å². The van der Waals surface area contributed by atoms with Gasteiger partial charge in [0, 0.05) is 6.42 Å². The maximum atomic E-state index is 12.6. The minimum absolute atomic E-state index is 0.0806. The second-order valence-corrected chi connectivity index (χ2v) is 6.08. The van der Waals surface area contributed by atoms with Gasteiger partial charge in [0.15, 0.2) is 0 Å². The van der Waals surface area contributed by atoms with Crippen molar-refractivity contribution in [3.63, 3.8) is 0 Å². The van der Waals surface area contributed by atoms with Gasteiger partial charge in [0.25, 0.3) is 0 Å². The number of rotatable bonds is 5. The molecule has 3 unspecified atom stereocenters. The maximum Gasteiger partial charge on any atom is 0.430 e. The van der Waals surface area contributed by atoms with Crippen molar-refractivity contribution in [2.75, 3.05) is 0 Å². The Kier molecular flexibility index (Phi) is 5.47. The van der Waals surface area contributed by atoms with Crippen LogP contribution in [-0.2, 0) is 11.3 Å². The lowest BCUT2D eigenvalue weighted by Crippen LogP contribution is -2.54. The molecule has 3 N–H and O–H groups in total. The predicted octanol–water partition coefficient (Wildman–Crippen LogP) is 3.36. The minimum atomic E-state index is -4.80. The van der Waals surface area contributed by atoms with Crippen molar-refractivity contribution in [3.8, 4) is 0 Å². The largest absolute Gasteiger partial charge is 0.430 e. The summed E-state index contributed by atoms with van der Waals surface area (Å²) in [5, 5.41) is 9.41. The Morgan fingerprint density at radius 2 is 1.86 bits per heavy atom. The smallest absolute Gasteiger partial charge is 0.374 e. The number of nitrogens with two attached hydrogens (primary N) is 1. The van der Waals surface area contributed by atoms with Gasteiger partial charge in [-0.1, -0.05) is 43.2 Å². The van der Waals surface area contributed by atoms with Crippen molar-refractivity contribution >= 4 is 0 Å². The molecular weight excluding hydrogens is 295 g/mol. The Hall–Kier alpha value is -1.11. The molecule has 1 saturated carbocycles. The molecule has 22 heavy (non-hydrogen) atoms. The zero-order valence-electron chi connectivity index (χ0n) is 12.4. The van der Waals surface area contributed by atoms with Crippen LogP contribution in [0.1, 0.15) is 37.7 Å². The van der Waals surface area contributed by atoms with Crippen LogP contribution >= 0.6 is 0 Å². The zero-order valence-corrected chi connectivity index (χ0v) is 12.4. The van der Waals surface area contributed by atoms with E-state index in [2.05, 4.69) is 0 Å². The molecule has 124 valence electrons. The molecule has 0 radical (unpaired) electrons. The highest BCUT2D eigenvalue weighted by atomic mass is 19.4. The fourth-order valence-corrected chi connectivity index (χ4v) is 2.92. The molecule has 1 aromatic carbocycles. The number of benzene rings is 1. The number of ether oxygens (including phenoxy) is 1. The summed E-state index contributed by atoms with van der Waals surface area (Å²) < 4.78 is 43.7. The number of halogens is 3. The third kappa shape index (κ3) is 4.69. The number of alkyl halides is 3. The summed E-state index contributed by atoms with van der Waals surface area (Å²) in [7, 11) is 0. The summed E-state index contributed by atoms with van der Waals surface area (Å²) in [5.41, 5.74) is 2.95. The van der Waals surface area contributed by atoms with Crippen LogP contribution in [0.15, 0.2) is 30.3 Å². The highest BCUT2D eigenvalue weighted by molar-refractivity contribution is 5.13. The third-order valence-electron chi connectivity index (χ3n) is 4.15. The normalized spacial score (nSPS) is 25.7. The summed E-state index contributed by atoms with van der Waals surface area (Å²) >= 11 is 0. The second kappa shape index (κ2) is 6.98. The first-order valence-electron chi connectivity index (χ1n) is 7.51. The van der Waals surface area contributed by atoms with Gasteiger partial charge in [0.2, 0.25) is 5.72 Å². The van der Waals surface area contributed by atoms with Crippen LogP contribution in [-0.4, -0.2) is 23.1 Å². The first-order chi connectivity index (χ1) is 10.3. The van der Waals surface area contributed by atoms with E-state index in [0.29, 0.717) is 19.4 Å². The van der Waals surface area contributed by atoms with Crippen LogP contribution in [0.2, 0.25) is 0 Å². The molecule has 0 amide bonds. The third-order valence-corrected chi connectivity index (χ3v) is 4.15. The average molecular weight is 317 g/mol. The summed E-state index contributed by atoms with van der Waals surface area (Å²) in [6, 6.07) is 9.64. The fourth-order valence-electron chi connectivity index (χ4n) is 2.92. The molecule has 1 aromatic rings. The number of hydrogen-bond donors (Lipinski definition) is 2. The highest BCUT2D eigenvalue weighted by Crippen LogP contribution is 2.37. The van der Waals surface area contributed by atoms with E-state index in [-0.39, 0.29) is 12.0 Å². The summed E-state index contributed by atoms with van der Waals surface area (Å²) in [6.07, 6.45) is -2.59. The van der Waals surface area contributed by atoms with E-state index in [1.807, 2.05) is 30.3 Å². The monoisotopic (exact) mass is 317 g/mol. The molecule has 0 bridgehead atoms. The molecule has 1 aliphatic rings. The molecule has 1 aliphatic carbocycles. The van der Waals surface area contributed by atoms with E-state index in [0.717, 1.165) is 18.4 Å². The Bertz CT molecular complexity index is 462.